The van der Waals surface area contributed by atoms with Gasteiger partial charge in [-0.3, -0.25) is 14.5 Å². The molecular formula is C18H18N8O. The van der Waals surface area contributed by atoms with E-state index in [0.29, 0.717) is 36.1 Å². The zero-order valence-corrected chi connectivity index (χ0v) is 15.0. The molecule has 0 aliphatic carbocycles. The number of hydrogen-bond acceptors (Lipinski definition) is 7. The molecular weight excluding hydrogens is 344 g/mol. The first kappa shape index (κ1) is 16.8. The largest absolute Gasteiger partial charge is 0.369 e. The van der Waals surface area contributed by atoms with Gasteiger partial charge in [0.15, 0.2) is 11.5 Å². The van der Waals surface area contributed by atoms with E-state index >= 15 is 0 Å². The average molecular weight is 362 g/mol. The van der Waals surface area contributed by atoms with E-state index in [-0.39, 0.29) is 5.56 Å². The number of fused-ring (bicyclic) bond motifs is 1. The molecule has 0 amide bonds. The fraction of sp³-hybridized carbons (Fsp3) is 0.222. The standard InChI is InChI=1S/C18H18N8O/c1-11-8-15(27)23-14(22-11)5-7-20-17-13-10-21-26(2)18(13)25-16(24-17)12-4-3-6-19-9-12/h3-4,6,8-10H,5,7H2,1-2H3,(H,20,24,25)(H,22,23,27). The van der Waals surface area contributed by atoms with Crippen LogP contribution in [0, 0.1) is 6.92 Å². The van der Waals surface area contributed by atoms with Crippen molar-refractivity contribution in [3.05, 3.63) is 58.7 Å². The summed E-state index contributed by atoms with van der Waals surface area (Å²) < 4.78 is 1.71. The minimum atomic E-state index is -0.145. The van der Waals surface area contributed by atoms with E-state index in [1.165, 1.54) is 6.07 Å². The van der Waals surface area contributed by atoms with Gasteiger partial charge in [0.1, 0.15) is 11.6 Å². The quantitative estimate of drug-likeness (QED) is 0.552. The topological polar surface area (TPSA) is 114 Å². The van der Waals surface area contributed by atoms with Crippen molar-refractivity contribution in [2.24, 2.45) is 7.05 Å². The van der Waals surface area contributed by atoms with Crippen LogP contribution in [0.5, 0.6) is 0 Å². The zero-order valence-electron chi connectivity index (χ0n) is 15.0. The molecule has 9 heteroatoms. The Morgan fingerprint density at radius 2 is 2.11 bits per heavy atom. The summed E-state index contributed by atoms with van der Waals surface area (Å²) in [5.74, 6) is 1.89. The number of anilines is 1. The molecule has 0 aliphatic rings. The number of rotatable bonds is 5. The minimum Gasteiger partial charge on any atom is -0.369 e. The molecule has 0 radical (unpaired) electrons. The van der Waals surface area contributed by atoms with E-state index in [2.05, 4.69) is 35.3 Å². The molecule has 136 valence electrons. The van der Waals surface area contributed by atoms with Gasteiger partial charge >= 0.3 is 0 Å². The van der Waals surface area contributed by atoms with Crippen molar-refractivity contribution in [3.8, 4) is 11.4 Å². The maximum absolute atomic E-state index is 11.6. The van der Waals surface area contributed by atoms with E-state index < -0.39 is 0 Å². The third-order valence-corrected chi connectivity index (χ3v) is 4.08. The average Bonchev–Trinajstić information content (AvgIpc) is 3.03. The first-order chi connectivity index (χ1) is 13.1. The lowest BCUT2D eigenvalue weighted by Gasteiger charge is -2.09. The predicted octanol–water partition coefficient (Wildman–Crippen LogP) is 1.47. The fourth-order valence-corrected chi connectivity index (χ4v) is 2.84. The monoisotopic (exact) mass is 362 g/mol. The lowest BCUT2D eigenvalue weighted by atomic mass is 10.2. The maximum Gasteiger partial charge on any atom is 0.251 e. The molecule has 4 aromatic rings. The Morgan fingerprint density at radius 1 is 1.22 bits per heavy atom. The minimum absolute atomic E-state index is 0.145. The molecule has 0 spiro atoms. The molecule has 27 heavy (non-hydrogen) atoms. The van der Waals surface area contributed by atoms with E-state index in [1.807, 2.05) is 19.2 Å². The van der Waals surface area contributed by atoms with E-state index in [9.17, 15) is 4.79 Å². The highest BCUT2D eigenvalue weighted by Gasteiger charge is 2.13. The van der Waals surface area contributed by atoms with Crippen molar-refractivity contribution in [2.75, 3.05) is 11.9 Å². The molecule has 0 aromatic carbocycles. The maximum atomic E-state index is 11.6. The van der Waals surface area contributed by atoms with Crippen LogP contribution in [0.4, 0.5) is 5.82 Å². The van der Waals surface area contributed by atoms with Crippen molar-refractivity contribution in [2.45, 2.75) is 13.3 Å². The van der Waals surface area contributed by atoms with Gasteiger partial charge in [0.25, 0.3) is 5.56 Å². The van der Waals surface area contributed by atoms with Gasteiger partial charge in [-0.05, 0) is 19.1 Å². The van der Waals surface area contributed by atoms with Crippen molar-refractivity contribution >= 4 is 16.9 Å². The predicted molar refractivity (Wildman–Crippen MR) is 101 cm³/mol. The zero-order chi connectivity index (χ0) is 18.8. The van der Waals surface area contributed by atoms with E-state index in [1.54, 1.807) is 30.2 Å². The highest BCUT2D eigenvalue weighted by Crippen LogP contribution is 2.24. The second kappa shape index (κ2) is 6.94. The Hall–Kier alpha value is -3.62. The van der Waals surface area contributed by atoms with Crippen LogP contribution >= 0.6 is 0 Å². The summed E-state index contributed by atoms with van der Waals surface area (Å²) in [7, 11) is 1.84. The summed E-state index contributed by atoms with van der Waals surface area (Å²) in [4.78, 5) is 32.0. The second-order valence-electron chi connectivity index (χ2n) is 6.15. The second-order valence-corrected chi connectivity index (χ2v) is 6.15. The number of nitrogens with one attached hydrogen (secondary N) is 2. The Balaban J connectivity index is 1.63. The molecule has 0 unspecified atom stereocenters. The number of aromatic nitrogens is 7. The van der Waals surface area contributed by atoms with Crippen LogP contribution < -0.4 is 10.9 Å². The smallest absolute Gasteiger partial charge is 0.251 e. The molecule has 0 atom stereocenters. The third kappa shape index (κ3) is 3.52. The molecule has 0 fully saturated rings. The number of aromatic amines is 1. The van der Waals surface area contributed by atoms with Gasteiger partial charge in [0, 0.05) is 49.7 Å². The molecule has 0 aliphatic heterocycles. The van der Waals surface area contributed by atoms with Crippen LogP contribution in [0.3, 0.4) is 0 Å². The van der Waals surface area contributed by atoms with Crippen molar-refractivity contribution in [3.63, 3.8) is 0 Å². The highest BCUT2D eigenvalue weighted by molar-refractivity contribution is 5.88. The summed E-state index contributed by atoms with van der Waals surface area (Å²) in [6.07, 6.45) is 5.73. The number of H-pyrrole nitrogens is 1. The Kier molecular flexibility index (Phi) is 4.33. The highest BCUT2D eigenvalue weighted by atomic mass is 16.1. The van der Waals surface area contributed by atoms with Crippen LogP contribution in [0.2, 0.25) is 0 Å². The fourth-order valence-electron chi connectivity index (χ4n) is 2.84. The number of nitrogens with zero attached hydrogens (tertiary/aromatic N) is 6. The summed E-state index contributed by atoms with van der Waals surface area (Å²) in [6, 6.07) is 5.23. The van der Waals surface area contributed by atoms with Gasteiger partial charge in [0.05, 0.1) is 11.6 Å². The molecule has 4 heterocycles. The Morgan fingerprint density at radius 3 is 2.89 bits per heavy atom. The molecule has 0 saturated carbocycles. The van der Waals surface area contributed by atoms with Crippen molar-refractivity contribution in [1.82, 2.24) is 34.7 Å². The molecule has 2 N–H and O–H groups in total. The van der Waals surface area contributed by atoms with Gasteiger partial charge in [-0.25, -0.2) is 15.0 Å². The Labute approximate surface area is 154 Å². The van der Waals surface area contributed by atoms with Crippen molar-refractivity contribution < 1.29 is 0 Å². The van der Waals surface area contributed by atoms with E-state index in [0.717, 1.165) is 16.6 Å². The summed E-state index contributed by atoms with van der Waals surface area (Å²) in [6.45, 7) is 2.36. The summed E-state index contributed by atoms with van der Waals surface area (Å²) >= 11 is 0. The van der Waals surface area contributed by atoms with E-state index in [4.69, 9.17) is 0 Å². The summed E-state index contributed by atoms with van der Waals surface area (Å²) in [5, 5.41) is 8.42. The molecule has 9 nitrogen and oxygen atoms in total. The number of aryl methyl sites for hydroxylation is 2. The molecule has 0 bridgehead atoms. The molecule has 4 rings (SSSR count). The lowest BCUT2D eigenvalue weighted by Crippen LogP contribution is -2.15. The van der Waals surface area contributed by atoms with Gasteiger partial charge in [-0.15, -0.1) is 0 Å². The van der Waals surface area contributed by atoms with Gasteiger partial charge in [-0.1, -0.05) is 0 Å². The van der Waals surface area contributed by atoms with Gasteiger partial charge < -0.3 is 10.3 Å². The van der Waals surface area contributed by atoms with Gasteiger partial charge in [-0.2, -0.15) is 5.10 Å². The number of hydrogen-bond donors (Lipinski definition) is 2. The van der Waals surface area contributed by atoms with Crippen LogP contribution in [-0.2, 0) is 13.5 Å². The van der Waals surface area contributed by atoms with Crippen molar-refractivity contribution in [1.29, 1.82) is 0 Å². The van der Waals surface area contributed by atoms with Gasteiger partial charge in [0.2, 0.25) is 0 Å². The Bertz CT molecular complexity index is 1150. The third-order valence-electron chi connectivity index (χ3n) is 4.08. The number of pyridine rings is 1. The molecule has 0 saturated heterocycles. The molecule has 4 aromatic heterocycles. The lowest BCUT2D eigenvalue weighted by molar-refractivity contribution is 0.786. The van der Waals surface area contributed by atoms with Crippen LogP contribution in [-0.4, -0.2) is 41.2 Å². The summed E-state index contributed by atoms with van der Waals surface area (Å²) in [5.41, 5.74) is 2.11. The SMILES string of the molecule is Cc1cc(=O)[nH]c(CCNc2nc(-c3cccnc3)nc3c2cnn3C)n1. The van der Waals surface area contributed by atoms with Crippen LogP contribution in [0.15, 0.2) is 41.6 Å². The van der Waals surface area contributed by atoms with Crippen LogP contribution in [0.1, 0.15) is 11.5 Å². The first-order valence-corrected chi connectivity index (χ1v) is 8.51. The van der Waals surface area contributed by atoms with Crippen LogP contribution in [0.25, 0.3) is 22.4 Å². The first-order valence-electron chi connectivity index (χ1n) is 8.51. The normalized spacial score (nSPS) is 11.0.